The minimum absolute atomic E-state index is 0.211. The molecular weight excluding hydrogens is 335 g/mol. The predicted molar refractivity (Wildman–Crippen MR) is 96.1 cm³/mol. The lowest BCUT2D eigenvalue weighted by Gasteiger charge is -2.14. The molecule has 1 amide bonds. The van der Waals surface area contributed by atoms with Crippen molar-refractivity contribution in [2.24, 2.45) is 0 Å². The number of ether oxygens (including phenoxy) is 1. The van der Waals surface area contributed by atoms with E-state index in [1.54, 1.807) is 10.7 Å². The van der Waals surface area contributed by atoms with Gasteiger partial charge in [-0.15, -0.1) is 0 Å². The van der Waals surface area contributed by atoms with Crippen molar-refractivity contribution in [2.75, 3.05) is 13.2 Å². The van der Waals surface area contributed by atoms with Gasteiger partial charge in [-0.1, -0.05) is 0 Å². The lowest BCUT2D eigenvalue weighted by Crippen LogP contribution is -2.27. The summed E-state index contributed by atoms with van der Waals surface area (Å²) >= 11 is 0. The summed E-state index contributed by atoms with van der Waals surface area (Å²) in [6, 6.07) is 4.70. The standard InChI is InChI=1S/C19H21FN4O2/c1-11-17(23-24-8-3-9-26-19(11)24)18(25)21-7-6-14-12(2)22-16-5-4-13(20)10-15(14)16/h4-5,10,22H,3,6-9H2,1-2H3,(H,21,25). The summed E-state index contributed by atoms with van der Waals surface area (Å²) in [7, 11) is 0. The fourth-order valence-corrected chi connectivity index (χ4v) is 3.53. The van der Waals surface area contributed by atoms with Crippen molar-refractivity contribution in [3.05, 3.63) is 46.5 Å². The maximum Gasteiger partial charge on any atom is 0.272 e. The van der Waals surface area contributed by atoms with Gasteiger partial charge in [0.15, 0.2) is 5.69 Å². The average Bonchev–Trinajstić information content (AvgIpc) is 3.12. The van der Waals surface area contributed by atoms with Gasteiger partial charge in [0.05, 0.1) is 6.61 Å². The van der Waals surface area contributed by atoms with E-state index in [0.717, 1.165) is 40.7 Å². The smallest absolute Gasteiger partial charge is 0.272 e. The Balaban J connectivity index is 1.47. The molecule has 0 atom stereocenters. The first kappa shape index (κ1) is 16.6. The summed E-state index contributed by atoms with van der Waals surface area (Å²) in [5.74, 6) is 0.210. The molecule has 0 aliphatic carbocycles. The number of hydrogen-bond donors (Lipinski definition) is 2. The Kier molecular flexibility index (Phi) is 4.14. The number of aromatic nitrogens is 3. The van der Waals surface area contributed by atoms with Gasteiger partial charge in [-0.25, -0.2) is 9.07 Å². The predicted octanol–water partition coefficient (Wildman–Crippen LogP) is 2.88. The first-order valence-electron chi connectivity index (χ1n) is 8.79. The molecule has 3 heterocycles. The van der Waals surface area contributed by atoms with Crippen molar-refractivity contribution in [1.82, 2.24) is 20.1 Å². The van der Waals surface area contributed by atoms with Crippen LogP contribution >= 0.6 is 0 Å². The number of amides is 1. The molecule has 26 heavy (non-hydrogen) atoms. The Morgan fingerprint density at radius 2 is 2.27 bits per heavy atom. The molecule has 0 bridgehead atoms. The number of rotatable bonds is 4. The molecule has 0 spiro atoms. The zero-order chi connectivity index (χ0) is 18.3. The van der Waals surface area contributed by atoms with Gasteiger partial charge in [0.2, 0.25) is 5.88 Å². The summed E-state index contributed by atoms with van der Waals surface area (Å²) < 4.78 is 20.9. The Labute approximate surface area is 150 Å². The van der Waals surface area contributed by atoms with Crippen molar-refractivity contribution in [3.8, 4) is 5.88 Å². The van der Waals surface area contributed by atoms with Crippen LogP contribution in [-0.2, 0) is 13.0 Å². The normalized spacial score (nSPS) is 13.5. The van der Waals surface area contributed by atoms with Gasteiger partial charge in [-0.2, -0.15) is 5.10 Å². The number of carbonyl (C=O) groups is 1. The number of halogens is 1. The number of H-pyrrole nitrogens is 1. The zero-order valence-corrected chi connectivity index (χ0v) is 14.9. The number of hydrogen-bond acceptors (Lipinski definition) is 3. The van der Waals surface area contributed by atoms with Crippen molar-refractivity contribution in [2.45, 2.75) is 33.2 Å². The SMILES string of the molecule is Cc1[nH]c2ccc(F)cc2c1CCNC(=O)c1nn2c(c1C)OCCC2. The minimum atomic E-state index is -0.263. The van der Waals surface area contributed by atoms with Crippen molar-refractivity contribution in [3.63, 3.8) is 0 Å². The molecule has 0 saturated carbocycles. The van der Waals surface area contributed by atoms with Gasteiger partial charge in [0, 0.05) is 41.7 Å². The lowest BCUT2D eigenvalue weighted by molar-refractivity contribution is 0.0947. The maximum atomic E-state index is 13.5. The van der Waals surface area contributed by atoms with Crippen LogP contribution in [0.5, 0.6) is 5.88 Å². The summed E-state index contributed by atoms with van der Waals surface area (Å²) in [6.07, 6.45) is 1.51. The molecule has 1 aliphatic rings. The molecule has 0 unspecified atom stereocenters. The van der Waals surface area contributed by atoms with E-state index in [9.17, 15) is 9.18 Å². The van der Waals surface area contributed by atoms with E-state index < -0.39 is 0 Å². The van der Waals surface area contributed by atoms with Crippen LogP contribution in [0.3, 0.4) is 0 Å². The van der Waals surface area contributed by atoms with Gasteiger partial charge in [-0.3, -0.25) is 4.79 Å². The molecule has 0 radical (unpaired) electrons. The van der Waals surface area contributed by atoms with Crippen molar-refractivity contribution < 1.29 is 13.9 Å². The summed E-state index contributed by atoms with van der Waals surface area (Å²) in [5.41, 5.74) is 4.09. The highest BCUT2D eigenvalue weighted by molar-refractivity contribution is 5.94. The van der Waals surface area contributed by atoms with Crippen LogP contribution in [0.2, 0.25) is 0 Å². The topological polar surface area (TPSA) is 71.9 Å². The number of nitrogens with zero attached hydrogens (tertiary/aromatic N) is 2. The highest BCUT2D eigenvalue weighted by atomic mass is 19.1. The lowest BCUT2D eigenvalue weighted by atomic mass is 10.1. The van der Waals surface area contributed by atoms with E-state index in [2.05, 4.69) is 15.4 Å². The summed E-state index contributed by atoms with van der Waals surface area (Å²) in [5, 5.41) is 8.14. The third kappa shape index (κ3) is 2.83. The number of carbonyl (C=O) groups excluding carboxylic acids is 1. The van der Waals surface area contributed by atoms with E-state index in [1.165, 1.54) is 12.1 Å². The molecule has 4 rings (SSSR count). The van der Waals surface area contributed by atoms with E-state index >= 15 is 0 Å². The first-order valence-corrected chi connectivity index (χ1v) is 8.79. The summed E-state index contributed by atoms with van der Waals surface area (Å²) in [6.45, 7) is 5.69. The largest absolute Gasteiger partial charge is 0.478 e. The molecule has 0 fully saturated rings. The fourth-order valence-electron chi connectivity index (χ4n) is 3.53. The van der Waals surface area contributed by atoms with E-state index in [-0.39, 0.29) is 11.7 Å². The number of aryl methyl sites for hydroxylation is 2. The molecule has 2 N–H and O–H groups in total. The van der Waals surface area contributed by atoms with Crippen LogP contribution in [0.15, 0.2) is 18.2 Å². The third-order valence-corrected chi connectivity index (χ3v) is 4.84. The van der Waals surface area contributed by atoms with Crippen LogP contribution in [0.1, 0.15) is 33.7 Å². The summed E-state index contributed by atoms with van der Waals surface area (Å²) in [4.78, 5) is 15.8. The first-order chi connectivity index (χ1) is 12.5. The Morgan fingerprint density at radius 1 is 1.42 bits per heavy atom. The van der Waals surface area contributed by atoms with Crippen LogP contribution in [0.4, 0.5) is 4.39 Å². The Hall–Kier alpha value is -2.83. The van der Waals surface area contributed by atoms with Gasteiger partial charge >= 0.3 is 0 Å². The molecule has 2 aromatic heterocycles. The number of fused-ring (bicyclic) bond motifs is 2. The number of nitrogens with one attached hydrogen (secondary N) is 2. The quantitative estimate of drug-likeness (QED) is 0.755. The maximum absolute atomic E-state index is 13.5. The molecule has 136 valence electrons. The van der Waals surface area contributed by atoms with Gasteiger partial charge in [-0.05, 0) is 44.0 Å². The van der Waals surface area contributed by atoms with Crippen molar-refractivity contribution in [1.29, 1.82) is 0 Å². The second kappa shape index (κ2) is 6.48. The second-order valence-electron chi connectivity index (χ2n) is 6.63. The van der Waals surface area contributed by atoms with Crippen molar-refractivity contribution >= 4 is 16.8 Å². The third-order valence-electron chi connectivity index (χ3n) is 4.84. The molecule has 1 aliphatic heterocycles. The Bertz CT molecular complexity index is 989. The van der Waals surface area contributed by atoms with Gasteiger partial charge in [0.25, 0.3) is 5.91 Å². The molecule has 0 saturated heterocycles. The molecule has 7 heteroatoms. The van der Waals surface area contributed by atoms with E-state index in [4.69, 9.17) is 4.74 Å². The van der Waals surface area contributed by atoms with Gasteiger partial charge < -0.3 is 15.0 Å². The zero-order valence-electron chi connectivity index (χ0n) is 14.9. The number of benzene rings is 1. The highest BCUT2D eigenvalue weighted by Crippen LogP contribution is 2.25. The van der Waals surface area contributed by atoms with Crippen LogP contribution < -0.4 is 10.1 Å². The van der Waals surface area contributed by atoms with Crippen LogP contribution in [0.25, 0.3) is 10.9 Å². The monoisotopic (exact) mass is 356 g/mol. The second-order valence-corrected chi connectivity index (χ2v) is 6.63. The molecule has 1 aromatic carbocycles. The highest BCUT2D eigenvalue weighted by Gasteiger charge is 2.23. The molecule has 3 aromatic rings. The van der Waals surface area contributed by atoms with Gasteiger partial charge in [0.1, 0.15) is 5.82 Å². The fraction of sp³-hybridized carbons (Fsp3) is 0.368. The Morgan fingerprint density at radius 3 is 3.08 bits per heavy atom. The minimum Gasteiger partial charge on any atom is -0.478 e. The van der Waals surface area contributed by atoms with Crippen LogP contribution in [0, 0.1) is 19.7 Å². The molecule has 6 nitrogen and oxygen atoms in total. The van der Waals surface area contributed by atoms with E-state index in [0.29, 0.717) is 31.1 Å². The number of aromatic amines is 1. The average molecular weight is 356 g/mol. The van der Waals surface area contributed by atoms with Crippen LogP contribution in [-0.4, -0.2) is 33.8 Å². The van der Waals surface area contributed by atoms with E-state index in [1.807, 2.05) is 13.8 Å². The molecular formula is C19H21FN4O2.